The van der Waals surface area contributed by atoms with E-state index in [-0.39, 0.29) is 6.03 Å². The molecule has 0 radical (unpaired) electrons. The van der Waals surface area contributed by atoms with E-state index in [1.54, 1.807) is 0 Å². The molecular weight excluding hydrogens is 228 g/mol. The molecule has 2 heterocycles. The van der Waals surface area contributed by atoms with Gasteiger partial charge < -0.3 is 15.5 Å². The average Bonchev–Trinajstić information content (AvgIpc) is 2.68. The van der Waals surface area contributed by atoms with Crippen molar-refractivity contribution in [1.29, 1.82) is 0 Å². The summed E-state index contributed by atoms with van der Waals surface area (Å²) in [5.74, 6) is 0. The summed E-state index contributed by atoms with van der Waals surface area (Å²) in [5, 5.41) is 0. The van der Waals surface area contributed by atoms with Crippen LogP contribution in [0.3, 0.4) is 0 Å². The highest BCUT2D eigenvalue weighted by Gasteiger charge is 2.25. The number of carbonyl (C=O) groups excluding carboxylic acids is 1. The van der Waals surface area contributed by atoms with Gasteiger partial charge >= 0.3 is 6.03 Å². The van der Waals surface area contributed by atoms with E-state index in [2.05, 4.69) is 4.90 Å². The zero-order valence-electron chi connectivity index (χ0n) is 11.3. The lowest BCUT2D eigenvalue weighted by atomic mass is 10.2. The van der Waals surface area contributed by atoms with Crippen molar-refractivity contribution in [3.63, 3.8) is 0 Å². The first-order valence-corrected chi connectivity index (χ1v) is 7.27. The number of piperazine rings is 1. The Balaban J connectivity index is 1.79. The summed E-state index contributed by atoms with van der Waals surface area (Å²) >= 11 is 0. The molecule has 5 nitrogen and oxygen atoms in total. The molecule has 2 amide bonds. The van der Waals surface area contributed by atoms with Crippen LogP contribution in [0.15, 0.2) is 0 Å². The fraction of sp³-hybridized carbons (Fsp3) is 0.923. The molecule has 2 saturated heterocycles. The monoisotopic (exact) mass is 254 g/mol. The van der Waals surface area contributed by atoms with Crippen LogP contribution in [0.4, 0.5) is 4.79 Å². The zero-order chi connectivity index (χ0) is 12.8. The van der Waals surface area contributed by atoms with Crippen molar-refractivity contribution >= 4 is 6.03 Å². The SMILES string of the molecule is NCCN1CCN(C(=O)N2CCCCCC2)CC1. The molecule has 0 bridgehead atoms. The maximum Gasteiger partial charge on any atom is 0.320 e. The Labute approximate surface area is 110 Å². The van der Waals surface area contributed by atoms with Crippen molar-refractivity contribution in [2.75, 3.05) is 52.4 Å². The summed E-state index contributed by atoms with van der Waals surface area (Å²) in [6, 6.07) is 0.254. The molecule has 0 atom stereocenters. The van der Waals surface area contributed by atoms with E-state index in [0.29, 0.717) is 6.54 Å². The van der Waals surface area contributed by atoms with E-state index in [1.807, 2.05) is 9.80 Å². The van der Waals surface area contributed by atoms with Gasteiger partial charge in [-0.3, -0.25) is 4.90 Å². The number of amides is 2. The van der Waals surface area contributed by atoms with Crippen LogP contribution < -0.4 is 5.73 Å². The van der Waals surface area contributed by atoms with Crippen molar-refractivity contribution in [3.05, 3.63) is 0 Å². The second-order valence-electron chi connectivity index (χ2n) is 5.30. The van der Waals surface area contributed by atoms with E-state index >= 15 is 0 Å². The van der Waals surface area contributed by atoms with Crippen LogP contribution in [-0.2, 0) is 0 Å². The molecule has 0 aliphatic carbocycles. The molecule has 2 rings (SSSR count). The van der Waals surface area contributed by atoms with Gasteiger partial charge in [-0.05, 0) is 12.8 Å². The van der Waals surface area contributed by atoms with Crippen molar-refractivity contribution in [3.8, 4) is 0 Å². The van der Waals surface area contributed by atoms with Crippen LogP contribution in [0.2, 0.25) is 0 Å². The number of urea groups is 1. The standard InChI is InChI=1S/C13H26N4O/c14-5-8-15-9-11-17(12-10-15)13(18)16-6-3-1-2-4-7-16/h1-12,14H2. The van der Waals surface area contributed by atoms with Gasteiger partial charge in [0.05, 0.1) is 0 Å². The summed E-state index contributed by atoms with van der Waals surface area (Å²) in [6.45, 7) is 7.20. The highest BCUT2D eigenvalue weighted by Crippen LogP contribution is 2.13. The minimum Gasteiger partial charge on any atom is -0.329 e. The number of likely N-dealkylation sites (tertiary alicyclic amines) is 1. The van der Waals surface area contributed by atoms with Crippen LogP contribution in [-0.4, -0.2) is 73.1 Å². The third kappa shape index (κ3) is 3.59. The summed E-state index contributed by atoms with van der Waals surface area (Å²) in [7, 11) is 0. The Morgan fingerprint density at radius 2 is 1.39 bits per heavy atom. The molecule has 0 saturated carbocycles. The van der Waals surface area contributed by atoms with Gasteiger partial charge in [-0.2, -0.15) is 0 Å². The van der Waals surface area contributed by atoms with Crippen LogP contribution in [0.5, 0.6) is 0 Å². The molecule has 0 aromatic rings. The molecule has 104 valence electrons. The third-order valence-electron chi connectivity index (χ3n) is 3.96. The van der Waals surface area contributed by atoms with E-state index in [9.17, 15) is 4.79 Å². The first kappa shape index (κ1) is 13.6. The van der Waals surface area contributed by atoms with Crippen molar-refractivity contribution in [2.24, 2.45) is 5.73 Å². The summed E-state index contributed by atoms with van der Waals surface area (Å²) < 4.78 is 0. The number of hydrogen-bond donors (Lipinski definition) is 1. The molecule has 18 heavy (non-hydrogen) atoms. The lowest BCUT2D eigenvalue weighted by molar-refractivity contribution is 0.115. The topological polar surface area (TPSA) is 52.8 Å². The molecule has 0 unspecified atom stereocenters. The number of nitrogens with zero attached hydrogens (tertiary/aromatic N) is 3. The number of carbonyl (C=O) groups is 1. The normalized spacial score (nSPS) is 22.9. The molecule has 0 aromatic heterocycles. The van der Waals surface area contributed by atoms with Crippen LogP contribution in [0.1, 0.15) is 25.7 Å². The quantitative estimate of drug-likeness (QED) is 0.783. The Hall–Kier alpha value is -0.810. The second kappa shape index (κ2) is 6.95. The predicted octanol–water partition coefficient (Wildman–Crippen LogP) is 0.559. The van der Waals surface area contributed by atoms with Gasteiger partial charge in [0.15, 0.2) is 0 Å². The van der Waals surface area contributed by atoms with Crippen molar-refractivity contribution in [1.82, 2.24) is 14.7 Å². The summed E-state index contributed by atoms with van der Waals surface area (Å²) in [6.07, 6.45) is 4.87. The molecule has 5 heteroatoms. The van der Waals surface area contributed by atoms with E-state index < -0.39 is 0 Å². The average molecular weight is 254 g/mol. The van der Waals surface area contributed by atoms with Crippen molar-refractivity contribution in [2.45, 2.75) is 25.7 Å². The number of rotatable bonds is 2. The Morgan fingerprint density at radius 3 is 1.94 bits per heavy atom. The predicted molar refractivity (Wildman–Crippen MR) is 72.5 cm³/mol. The Kier molecular flexibility index (Phi) is 5.26. The van der Waals surface area contributed by atoms with Gasteiger partial charge in [0.25, 0.3) is 0 Å². The minimum absolute atomic E-state index is 0.254. The van der Waals surface area contributed by atoms with Crippen LogP contribution in [0, 0.1) is 0 Å². The van der Waals surface area contributed by atoms with Gasteiger partial charge in [-0.1, -0.05) is 12.8 Å². The molecule has 2 aliphatic heterocycles. The van der Waals surface area contributed by atoms with Crippen LogP contribution in [0.25, 0.3) is 0 Å². The first-order valence-electron chi connectivity index (χ1n) is 7.27. The largest absolute Gasteiger partial charge is 0.329 e. The first-order chi connectivity index (χ1) is 8.81. The van der Waals surface area contributed by atoms with Gasteiger partial charge in [-0.25, -0.2) is 4.79 Å². The lowest BCUT2D eigenvalue weighted by Crippen LogP contribution is -2.53. The zero-order valence-corrected chi connectivity index (χ0v) is 11.3. The third-order valence-corrected chi connectivity index (χ3v) is 3.96. The molecule has 2 N–H and O–H groups in total. The summed E-state index contributed by atoms with van der Waals surface area (Å²) in [5.41, 5.74) is 5.56. The minimum atomic E-state index is 0.254. The molecular formula is C13H26N4O. The molecule has 2 aliphatic rings. The molecule has 2 fully saturated rings. The smallest absolute Gasteiger partial charge is 0.320 e. The fourth-order valence-electron chi connectivity index (χ4n) is 2.81. The Bertz CT molecular complexity index is 256. The fourth-order valence-corrected chi connectivity index (χ4v) is 2.81. The Morgan fingerprint density at radius 1 is 0.833 bits per heavy atom. The van der Waals surface area contributed by atoms with E-state index in [1.165, 1.54) is 25.7 Å². The van der Waals surface area contributed by atoms with Gasteiger partial charge in [0, 0.05) is 52.4 Å². The second-order valence-corrected chi connectivity index (χ2v) is 5.30. The van der Waals surface area contributed by atoms with Gasteiger partial charge in [-0.15, -0.1) is 0 Å². The lowest BCUT2D eigenvalue weighted by Gasteiger charge is -2.37. The molecule has 0 aromatic carbocycles. The van der Waals surface area contributed by atoms with Crippen molar-refractivity contribution < 1.29 is 4.79 Å². The highest BCUT2D eigenvalue weighted by atomic mass is 16.2. The molecule has 0 spiro atoms. The van der Waals surface area contributed by atoms with Crippen LogP contribution >= 0.6 is 0 Å². The van der Waals surface area contributed by atoms with Gasteiger partial charge in [0.2, 0.25) is 0 Å². The maximum absolute atomic E-state index is 12.4. The highest BCUT2D eigenvalue weighted by molar-refractivity contribution is 5.74. The van der Waals surface area contributed by atoms with Gasteiger partial charge in [0.1, 0.15) is 0 Å². The number of hydrogen-bond acceptors (Lipinski definition) is 3. The number of nitrogens with two attached hydrogens (primary N) is 1. The van der Waals surface area contributed by atoms with E-state index in [0.717, 1.165) is 45.8 Å². The summed E-state index contributed by atoms with van der Waals surface area (Å²) in [4.78, 5) is 18.8. The van der Waals surface area contributed by atoms with E-state index in [4.69, 9.17) is 5.73 Å². The maximum atomic E-state index is 12.4.